The first-order chi connectivity index (χ1) is 9.83. The molecule has 1 saturated heterocycles. The number of thioether (sulfide) groups is 1. The van der Waals surface area contributed by atoms with Crippen molar-refractivity contribution in [3.63, 3.8) is 0 Å². The standard InChI is InChI=1S/C13H23N5OS/c1-3-5-14-11-15-12(18-6-9-20-10-7-18)17-13(16-11)19-8-4-2/h3-10H2,1-2H3,(H,14,15,16,17). The molecule has 1 aliphatic heterocycles. The molecule has 0 unspecified atom stereocenters. The van der Waals surface area contributed by atoms with Crippen molar-refractivity contribution in [2.24, 2.45) is 0 Å². The molecule has 0 atom stereocenters. The summed E-state index contributed by atoms with van der Waals surface area (Å²) in [6, 6.07) is 0.425. The highest BCUT2D eigenvalue weighted by molar-refractivity contribution is 7.99. The second-order valence-corrected chi connectivity index (χ2v) is 5.84. The van der Waals surface area contributed by atoms with Gasteiger partial charge in [0.15, 0.2) is 0 Å². The molecular weight excluding hydrogens is 274 g/mol. The van der Waals surface area contributed by atoms with E-state index >= 15 is 0 Å². The Labute approximate surface area is 124 Å². The van der Waals surface area contributed by atoms with Gasteiger partial charge < -0.3 is 15.0 Å². The molecule has 2 rings (SSSR count). The summed E-state index contributed by atoms with van der Waals surface area (Å²) in [6.07, 6.45) is 1.98. The van der Waals surface area contributed by atoms with Gasteiger partial charge >= 0.3 is 6.01 Å². The summed E-state index contributed by atoms with van der Waals surface area (Å²) < 4.78 is 5.57. The van der Waals surface area contributed by atoms with Crippen LogP contribution in [-0.4, -0.2) is 52.7 Å². The van der Waals surface area contributed by atoms with Crippen LogP contribution in [0.15, 0.2) is 0 Å². The lowest BCUT2D eigenvalue weighted by Gasteiger charge is -2.26. The minimum absolute atomic E-state index is 0.425. The lowest BCUT2D eigenvalue weighted by Crippen LogP contribution is -2.34. The van der Waals surface area contributed by atoms with E-state index in [4.69, 9.17) is 4.74 Å². The Bertz CT molecular complexity index is 385. The van der Waals surface area contributed by atoms with Crippen molar-refractivity contribution in [1.82, 2.24) is 15.0 Å². The van der Waals surface area contributed by atoms with E-state index in [-0.39, 0.29) is 0 Å². The maximum absolute atomic E-state index is 5.57. The monoisotopic (exact) mass is 297 g/mol. The fraction of sp³-hybridized carbons (Fsp3) is 0.769. The van der Waals surface area contributed by atoms with Crippen LogP contribution >= 0.6 is 11.8 Å². The average molecular weight is 297 g/mol. The summed E-state index contributed by atoms with van der Waals surface area (Å²) in [5, 5.41) is 3.22. The van der Waals surface area contributed by atoms with Crippen molar-refractivity contribution >= 4 is 23.7 Å². The molecule has 1 aromatic heterocycles. The van der Waals surface area contributed by atoms with Crippen LogP contribution in [0.1, 0.15) is 26.7 Å². The molecule has 0 aromatic carbocycles. The first-order valence-electron chi connectivity index (χ1n) is 7.29. The molecule has 6 nitrogen and oxygen atoms in total. The largest absolute Gasteiger partial charge is 0.463 e. The molecule has 112 valence electrons. The van der Waals surface area contributed by atoms with E-state index in [1.54, 1.807) is 0 Å². The van der Waals surface area contributed by atoms with E-state index in [1.807, 2.05) is 11.8 Å². The van der Waals surface area contributed by atoms with Crippen molar-refractivity contribution in [3.05, 3.63) is 0 Å². The van der Waals surface area contributed by atoms with Gasteiger partial charge in [-0.05, 0) is 12.8 Å². The first kappa shape index (κ1) is 15.2. The van der Waals surface area contributed by atoms with Gasteiger partial charge in [0.1, 0.15) is 0 Å². The van der Waals surface area contributed by atoms with Crippen LogP contribution in [0.5, 0.6) is 6.01 Å². The molecule has 0 radical (unpaired) electrons. The lowest BCUT2D eigenvalue weighted by atomic mass is 10.5. The van der Waals surface area contributed by atoms with Crippen LogP contribution in [0.4, 0.5) is 11.9 Å². The zero-order valence-corrected chi connectivity index (χ0v) is 13.1. The van der Waals surface area contributed by atoms with Crippen molar-refractivity contribution in [1.29, 1.82) is 0 Å². The fourth-order valence-electron chi connectivity index (χ4n) is 1.82. The van der Waals surface area contributed by atoms with Gasteiger partial charge in [-0.1, -0.05) is 13.8 Å². The van der Waals surface area contributed by atoms with Crippen LogP contribution in [-0.2, 0) is 0 Å². The normalized spacial score (nSPS) is 15.2. The van der Waals surface area contributed by atoms with Crippen molar-refractivity contribution in [2.45, 2.75) is 26.7 Å². The summed E-state index contributed by atoms with van der Waals surface area (Å²) in [4.78, 5) is 15.5. The Hall–Kier alpha value is -1.24. The average Bonchev–Trinajstić information content (AvgIpc) is 2.51. The Kier molecular flexibility index (Phi) is 6.17. The van der Waals surface area contributed by atoms with E-state index in [2.05, 4.69) is 39.0 Å². The number of ether oxygens (including phenoxy) is 1. The van der Waals surface area contributed by atoms with Crippen LogP contribution in [0.2, 0.25) is 0 Å². The number of rotatable bonds is 7. The second-order valence-electron chi connectivity index (χ2n) is 4.62. The van der Waals surface area contributed by atoms with E-state index < -0.39 is 0 Å². The fourth-order valence-corrected chi connectivity index (χ4v) is 2.73. The third kappa shape index (κ3) is 4.40. The van der Waals surface area contributed by atoms with Gasteiger partial charge in [0, 0.05) is 31.1 Å². The zero-order chi connectivity index (χ0) is 14.2. The Balaban J connectivity index is 2.14. The molecular formula is C13H23N5OS. The van der Waals surface area contributed by atoms with Crippen molar-refractivity contribution < 1.29 is 4.74 Å². The van der Waals surface area contributed by atoms with E-state index in [9.17, 15) is 0 Å². The van der Waals surface area contributed by atoms with Crippen molar-refractivity contribution in [3.8, 4) is 6.01 Å². The third-order valence-electron chi connectivity index (χ3n) is 2.87. The van der Waals surface area contributed by atoms with Crippen LogP contribution < -0.4 is 15.0 Å². The highest BCUT2D eigenvalue weighted by Crippen LogP contribution is 2.19. The van der Waals surface area contributed by atoms with E-state index in [0.717, 1.165) is 49.9 Å². The predicted molar refractivity (Wildman–Crippen MR) is 83.9 cm³/mol. The van der Waals surface area contributed by atoms with Crippen molar-refractivity contribution in [2.75, 3.05) is 48.0 Å². The molecule has 1 N–H and O–H groups in total. The van der Waals surface area contributed by atoms with Gasteiger partial charge in [-0.2, -0.15) is 26.7 Å². The maximum atomic E-state index is 5.57. The number of hydrogen-bond donors (Lipinski definition) is 1. The summed E-state index contributed by atoms with van der Waals surface area (Å²) in [5.41, 5.74) is 0. The maximum Gasteiger partial charge on any atom is 0.323 e. The van der Waals surface area contributed by atoms with Crippen LogP contribution in [0.25, 0.3) is 0 Å². The van der Waals surface area contributed by atoms with Gasteiger partial charge in [-0.25, -0.2) is 0 Å². The molecule has 7 heteroatoms. The minimum Gasteiger partial charge on any atom is -0.463 e. The zero-order valence-electron chi connectivity index (χ0n) is 12.3. The summed E-state index contributed by atoms with van der Waals surface area (Å²) in [5.74, 6) is 3.58. The van der Waals surface area contributed by atoms with Gasteiger partial charge in [-0.15, -0.1) is 0 Å². The van der Waals surface area contributed by atoms with Crippen LogP contribution in [0.3, 0.4) is 0 Å². The molecule has 0 amide bonds. The highest BCUT2D eigenvalue weighted by Gasteiger charge is 2.16. The molecule has 0 aliphatic carbocycles. The minimum atomic E-state index is 0.425. The summed E-state index contributed by atoms with van der Waals surface area (Å²) >= 11 is 1.97. The van der Waals surface area contributed by atoms with Gasteiger partial charge in [-0.3, -0.25) is 0 Å². The second kappa shape index (κ2) is 8.14. The highest BCUT2D eigenvalue weighted by atomic mass is 32.2. The first-order valence-corrected chi connectivity index (χ1v) is 8.44. The summed E-state index contributed by atoms with van der Waals surface area (Å²) in [6.45, 7) is 7.63. The number of aromatic nitrogens is 3. The van der Waals surface area contributed by atoms with Gasteiger partial charge in [0.05, 0.1) is 6.61 Å². The third-order valence-corrected chi connectivity index (χ3v) is 3.81. The van der Waals surface area contributed by atoms with Gasteiger partial charge in [0.25, 0.3) is 0 Å². The molecule has 1 aliphatic rings. The molecule has 2 heterocycles. The van der Waals surface area contributed by atoms with E-state index in [1.165, 1.54) is 0 Å². The smallest absolute Gasteiger partial charge is 0.323 e. The molecule has 0 saturated carbocycles. The lowest BCUT2D eigenvalue weighted by molar-refractivity contribution is 0.292. The predicted octanol–water partition coefficient (Wildman–Crippen LogP) is 2.04. The SMILES string of the molecule is CCCNc1nc(OCCC)nc(N2CCSCC2)n1. The Morgan fingerprint density at radius 1 is 1.15 bits per heavy atom. The quantitative estimate of drug-likeness (QED) is 0.826. The molecule has 0 spiro atoms. The van der Waals surface area contributed by atoms with E-state index in [0.29, 0.717) is 18.6 Å². The number of anilines is 2. The number of nitrogens with one attached hydrogen (secondary N) is 1. The number of nitrogens with zero attached hydrogens (tertiary/aromatic N) is 4. The summed E-state index contributed by atoms with van der Waals surface area (Å²) in [7, 11) is 0. The number of hydrogen-bond acceptors (Lipinski definition) is 7. The topological polar surface area (TPSA) is 63.2 Å². The Morgan fingerprint density at radius 2 is 1.95 bits per heavy atom. The molecule has 1 aromatic rings. The van der Waals surface area contributed by atoms with Crippen LogP contribution in [0, 0.1) is 0 Å². The molecule has 1 fully saturated rings. The Morgan fingerprint density at radius 3 is 2.65 bits per heavy atom. The van der Waals surface area contributed by atoms with Gasteiger partial charge in [0.2, 0.25) is 11.9 Å². The molecule has 20 heavy (non-hydrogen) atoms. The molecule has 0 bridgehead atoms.